The molecule has 0 radical (unpaired) electrons. The third-order valence-corrected chi connectivity index (χ3v) is 11.4. The molecule has 1 fully saturated rings. The summed E-state index contributed by atoms with van der Waals surface area (Å²) >= 11 is 0. The van der Waals surface area contributed by atoms with Crippen LogP contribution in [0.2, 0.25) is 0 Å². The van der Waals surface area contributed by atoms with E-state index < -0.39 is 89.6 Å². The summed E-state index contributed by atoms with van der Waals surface area (Å²) in [5.74, 6) is -1.39. The Morgan fingerprint density at radius 1 is 0.559 bits per heavy atom. The summed E-state index contributed by atoms with van der Waals surface area (Å²) in [5, 5.41) is 51.3. The molecule has 0 bridgehead atoms. The third-order valence-electron chi connectivity index (χ3n) is 9.91. The van der Waals surface area contributed by atoms with E-state index >= 15 is 0 Å². The largest absolute Gasteiger partial charge is 0.472 e. The summed E-state index contributed by atoms with van der Waals surface area (Å²) in [6, 6.07) is 0. The smallest absolute Gasteiger partial charge is 0.462 e. The predicted molar refractivity (Wildman–Crippen MR) is 261 cm³/mol. The number of rotatable bonds is 37. The van der Waals surface area contributed by atoms with Crippen LogP contribution in [0.15, 0.2) is 109 Å². The Kier molecular flexibility index (Phi) is 35.4. The van der Waals surface area contributed by atoms with Gasteiger partial charge in [0.25, 0.3) is 0 Å². The number of hydrogen-bond donors (Lipinski definition) is 8. The summed E-state index contributed by atoms with van der Waals surface area (Å²) in [6.45, 7) is 2.78. The van der Waals surface area contributed by atoms with Crippen molar-refractivity contribution in [1.29, 1.82) is 0 Å². The van der Waals surface area contributed by atoms with Gasteiger partial charge in [-0.05, 0) is 83.5 Å². The van der Waals surface area contributed by atoms with Crippen LogP contribution in [0.1, 0.15) is 123 Å². The minimum absolute atomic E-state index is 0.00811. The molecule has 19 heteroatoms. The van der Waals surface area contributed by atoms with Crippen LogP contribution < -0.4 is 0 Å². The monoisotopic (exact) mass is 1000 g/mol. The quantitative estimate of drug-likeness (QED) is 0.00965. The summed E-state index contributed by atoms with van der Waals surface area (Å²) in [7, 11) is -10.7. The van der Waals surface area contributed by atoms with E-state index in [1.54, 1.807) is 12.2 Å². The molecule has 0 aromatic rings. The van der Waals surface area contributed by atoms with Gasteiger partial charge >= 0.3 is 27.6 Å². The molecule has 17 nitrogen and oxygen atoms in total. The maximum absolute atomic E-state index is 13.0. The van der Waals surface area contributed by atoms with Crippen molar-refractivity contribution in [2.45, 2.75) is 172 Å². The topological polar surface area (TPSA) is 276 Å². The molecule has 1 rings (SSSR count). The first-order valence-corrected chi connectivity index (χ1v) is 26.6. The second-order valence-corrected chi connectivity index (χ2v) is 18.5. The molecule has 0 aromatic heterocycles. The van der Waals surface area contributed by atoms with Gasteiger partial charge in [0.05, 0.1) is 12.7 Å². The Balaban J connectivity index is 2.71. The van der Waals surface area contributed by atoms with Crippen molar-refractivity contribution < 1.29 is 82.0 Å². The number of carbonyl (C=O) groups excluding carboxylic acids is 2. The van der Waals surface area contributed by atoms with E-state index in [1.807, 2.05) is 54.7 Å². The summed E-state index contributed by atoms with van der Waals surface area (Å²) < 4.78 is 49.2. The van der Waals surface area contributed by atoms with Crippen LogP contribution in [0.5, 0.6) is 0 Å². The molecule has 0 amide bonds. The maximum Gasteiger partial charge on any atom is 0.472 e. The number of esters is 2. The zero-order valence-electron chi connectivity index (χ0n) is 39.6. The fraction of sp³-hybridized carbons (Fsp3) is 0.592. The molecular weight excluding hydrogens is 922 g/mol. The first kappa shape index (κ1) is 62.6. The summed E-state index contributed by atoms with van der Waals surface area (Å²) in [4.78, 5) is 54.2. The maximum atomic E-state index is 13.0. The van der Waals surface area contributed by atoms with E-state index in [-0.39, 0.29) is 12.8 Å². The van der Waals surface area contributed by atoms with Gasteiger partial charge < -0.3 is 49.7 Å². The number of hydrogen-bond acceptors (Lipinski definition) is 14. The molecule has 1 aliphatic carbocycles. The zero-order valence-corrected chi connectivity index (χ0v) is 41.4. The molecule has 68 heavy (non-hydrogen) atoms. The first-order chi connectivity index (χ1) is 32.5. The molecule has 0 aromatic carbocycles. The molecule has 0 saturated heterocycles. The normalized spacial score (nSPS) is 22.7. The van der Waals surface area contributed by atoms with Crippen molar-refractivity contribution in [3.63, 3.8) is 0 Å². The molecular formula is C49H78O17P2. The van der Waals surface area contributed by atoms with Crippen LogP contribution in [0.4, 0.5) is 0 Å². The lowest BCUT2D eigenvalue weighted by molar-refractivity contribution is -0.216. The van der Waals surface area contributed by atoms with Gasteiger partial charge in [0.15, 0.2) is 6.10 Å². The van der Waals surface area contributed by atoms with Gasteiger partial charge in [-0.15, -0.1) is 0 Å². The standard InChI is InChI=1S/C49H78O17P2/c1-3-5-7-9-11-12-13-14-15-16-17-18-19-20-25-29-33-37-43(52)64-41(39-63-68(60,61)66-49-46(55)44(53)45(54)48(47(49)56)65-67(57,58)59)38-62-42(51)36-32-28-24-22-21-23-27-31-35-40(50)34-30-26-10-8-6-4-2/h6,8,11-12,14-15,17-18,20,22-27,30-31,35,40-41,44-50,53-56H,3-5,7,9-10,13,16,19,21,28-29,32-34,36-39H2,1-2H3,(H,60,61)(H2,57,58,59)/b8-6-,12-11-,15-14-,18-17-,24-22-,25-20-,27-23-,30-26-,35-31+/t40?,41-,44?,45?,46?,47?,48-,49+/m1/s1. The van der Waals surface area contributed by atoms with Crippen LogP contribution in [0.25, 0.3) is 0 Å². The van der Waals surface area contributed by atoms with Crippen molar-refractivity contribution >= 4 is 27.6 Å². The van der Waals surface area contributed by atoms with Gasteiger partial charge in [-0.2, -0.15) is 0 Å². The molecule has 9 atom stereocenters. The Hall–Kier alpha value is -3.38. The zero-order chi connectivity index (χ0) is 50.5. The van der Waals surface area contributed by atoms with Gasteiger partial charge in [-0.3, -0.25) is 23.2 Å². The average Bonchev–Trinajstić information content (AvgIpc) is 3.29. The lowest BCUT2D eigenvalue weighted by Gasteiger charge is -2.43. The minimum Gasteiger partial charge on any atom is -0.462 e. The Bertz CT molecular complexity index is 1750. The lowest BCUT2D eigenvalue weighted by Crippen LogP contribution is -2.64. The van der Waals surface area contributed by atoms with Gasteiger partial charge in [0.1, 0.15) is 43.2 Å². The molecule has 6 unspecified atom stereocenters. The number of allylic oxidation sites excluding steroid dienone is 16. The van der Waals surface area contributed by atoms with Gasteiger partial charge in [-0.1, -0.05) is 136 Å². The van der Waals surface area contributed by atoms with Crippen LogP contribution in [-0.2, 0) is 41.8 Å². The van der Waals surface area contributed by atoms with E-state index in [4.69, 9.17) is 18.5 Å². The molecule has 1 saturated carbocycles. The SMILES string of the molecule is CC/C=C\C/C=C\CC(O)/C=C/C=C\C/C=C\CCCC(=O)OC[C@H](COP(=O)(O)O[C@H]1C(O)C(O)C(O)[C@@H](OP(=O)(O)O)C1O)OC(=O)CCC/C=C\C/C=C\C/C=C\C/C=C\CCCCC. The van der Waals surface area contributed by atoms with Gasteiger partial charge in [0, 0.05) is 12.8 Å². The average molecular weight is 1000 g/mol. The Morgan fingerprint density at radius 3 is 1.62 bits per heavy atom. The highest BCUT2D eigenvalue weighted by atomic mass is 31.2. The highest BCUT2D eigenvalue weighted by molar-refractivity contribution is 7.47. The van der Waals surface area contributed by atoms with Crippen LogP contribution >= 0.6 is 15.6 Å². The molecule has 0 spiro atoms. The van der Waals surface area contributed by atoms with Gasteiger partial charge in [-0.25, -0.2) is 9.13 Å². The molecule has 0 heterocycles. The molecule has 386 valence electrons. The van der Waals surface area contributed by atoms with Gasteiger partial charge in [0.2, 0.25) is 0 Å². The Labute approximate surface area is 402 Å². The van der Waals surface area contributed by atoms with Crippen molar-refractivity contribution in [1.82, 2.24) is 0 Å². The lowest BCUT2D eigenvalue weighted by atomic mass is 9.85. The highest BCUT2D eigenvalue weighted by Crippen LogP contribution is 2.49. The number of phosphoric acid groups is 2. The highest BCUT2D eigenvalue weighted by Gasteiger charge is 2.54. The number of phosphoric ester groups is 2. The van der Waals surface area contributed by atoms with E-state index in [0.717, 1.165) is 32.1 Å². The predicted octanol–water partition coefficient (Wildman–Crippen LogP) is 7.92. The van der Waals surface area contributed by atoms with E-state index in [9.17, 15) is 58.9 Å². The minimum atomic E-state index is -5.39. The van der Waals surface area contributed by atoms with E-state index in [0.29, 0.717) is 44.9 Å². The van der Waals surface area contributed by atoms with Crippen molar-refractivity contribution in [2.75, 3.05) is 13.2 Å². The van der Waals surface area contributed by atoms with E-state index in [1.165, 1.54) is 19.3 Å². The fourth-order valence-electron chi connectivity index (χ4n) is 6.25. The van der Waals surface area contributed by atoms with Crippen LogP contribution in [-0.4, -0.2) is 114 Å². The van der Waals surface area contributed by atoms with Crippen LogP contribution in [0, 0.1) is 0 Å². The second kappa shape index (κ2) is 38.4. The third kappa shape index (κ3) is 32.4. The number of aliphatic hydroxyl groups excluding tert-OH is 5. The number of carbonyl (C=O) groups is 2. The number of unbranched alkanes of at least 4 members (excludes halogenated alkanes) is 5. The summed E-state index contributed by atoms with van der Waals surface area (Å²) in [5.41, 5.74) is 0. The Morgan fingerprint density at radius 2 is 1.06 bits per heavy atom. The second-order valence-electron chi connectivity index (χ2n) is 15.9. The van der Waals surface area contributed by atoms with Crippen molar-refractivity contribution in [3.8, 4) is 0 Å². The molecule has 0 aliphatic heterocycles. The molecule has 8 N–H and O–H groups in total. The van der Waals surface area contributed by atoms with Crippen molar-refractivity contribution in [3.05, 3.63) is 109 Å². The van der Waals surface area contributed by atoms with E-state index in [2.05, 4.69) is 60.9 Å². The van der Waals surface area contributed by atoms with Crippen molar-refractivity contribution in [2.24, 2.45) is 0 Å². The number of ether oxygens (including phenoxy) is 2. The number of aliphatic hydroxyl groups is 5. The van der Waals surface area contributed by atoms with Crippen LogP contribution in [0.3, 0.4) is 0 Å². The first-order valence-electron chi connectivity index (χ1n) is 23.5. The fourth-order valence-corrected chi connectivity index (χ4v) is 7.79. The summed E-state index contributed by atoms with van der Waals surface area (Å²) in [6.07, 6.45) is 32.3. The molecule has 1 aliphatic rings.